The fourth-order valence-corrected chi connectivity index (χ4v) is 1.94. The molecule has 0 spiro atoms. The van der Waals surface area contributed by atoms with Crippen LogP contribution in [0.5, 0.6) is 5.75 Å². The van der Waals surface area contributed by atoms with Gasteiger partial charge in [-0.15, -0.1) is 0 Å². The van der Waals surface area contributed by atoms with Crippen LogP contribution < -0.4 is 10.1 Å². The summed E-state index contributed by atoms with van der Waals surface area (Å²) in [5.41, 5.74) is 0.209. The molecule has 0 radical (unpaired) electrons. The number of hydrogen-bond acceptors (Lipinski definition) is 2. The SMILES string of the molecule is COc1ccc(C(=O)Nc2cccc(Cl)c2Cl)c(F)c1. The van der Waals surface area contributed by atoms with Gasteiger partial charge in [0, 0.05) is 6.07 Å². The number of hydrogen-bond donors (Lipinski definition) is 1. The molecule has 0 aromatic heterocycles. The van der Waals surface area contributed by atoms with Crippen LogP contribution in [0.25, 0.3) is 0 Å². The Hall–Kier alpha value is -1.78. The molecule has 0 aliphatic heterocycles. The molecular weight excluding hydrogens is 304 g/mol. The van der Waals surface area contributed by atoms with E-state index in [0.29, 0.717) is 16.5 Å². The molecule has 0 fully saturated rings. The summed E-state index contributed by atoms with van der Waals surface area (Å²) in [5, 5.41) is 3.02. The monoisotopic (exact) mass is 313 g/mol. The standard InChI is InChI=1S/C14H10Cl2FNO2/c1-20-8-5-6-9(11(17)7-8)14(19)18-12-4-2-3-10(15)13(12)16/h2-7H,1H3,(H,18,19). The molecule has 20 heavy (non-hydrogen) atoms. The first-order valence-corrected chi connectivity index (χ1v) is 6.37. The Bertz CT molecular complexity index is 662. The molecule has 2 rings (SSSR count). The van der Waals surface area contributed by atoms with Gasteiger partial charge in [-0.25, -0.2) is 4.39 Å². The molecule has 104 valence electrons. The normalized spacial score (nSPS) is 10.2. The minimum Gasteiger partial charge on any atom is -0.497 e. The molecule has 2 aromatic rings. The molecule has 6 heteroatoms. The molecule has 0 bridgehead atoms. The second-order valence-corrected chi connectivity index (χ2v) is 4.69. The number of halogens is 3. The van der Waals surface area contributed by atoms with E-state index in [1.54, 1.807) is 18.2 Å². The van der Waals surface area contributed by atoms with E-state index in [9.17, 15) is 9.18 Å². The third-order valence-electron chi connectivity index (χ3n) is 2.62. The smallest absolute Gasteiger partial charge is 0.258 e. The van der Waals surface area contributed by atoms with Gasteiger partial charge in [-0.2, -0.15) is 0 Å². The second-order valence-electron chi connectivity index (χ2n) is 3.90. The van der Waals surface area contributed by atoms with Crippen LogP contribution >= 0.6 is 23.2 Å². The number of rotatable bonds is 3. The second kappa shape index (κ2) is 6.11. The molecule has 0 saturated heterocycles. The highest BCUT2D eigenvalue weighted by Crippen LogP contribution is 2.30. The average Bonchev–Trinajstić information content (AvgIpc) is 2.43. The van der Waals surface area contributed by atoms with Gasteiger partial charge in [-0.3, -0.25) is 4.79 Å². The van der Waals surface area contributed by atoms with Gasteiger partial charge in [-0.1, -0.05) is 29.3 Å². The molecule has 0 aliphatic carbocycles. The fourth-order valence-electron chi connectivity index (χ4n) is 1.60. The Morgan fingerprint density at radius 3 is 2.65 bits per heavy atom. The predicted octanol–water partition coefficient (Wildman–Crippen LogP) is 4.39. The fraction of sp³-hybridized carbons (Fsp3) is 0.0714. The van der Waals surface area contributed by atoms with Gasteiger partial charge in [0.2, 0.25) is 0 Å². The third-order valence-corrected chi connectivity index (χ3v) is 3.44. The van der Waals surface area contributed by atoms with Crippen molar-refractivity contribution in [3.63, 3.8) is 0 Å². The van der Waals surface area contributed by atoms with Crippen molar-refractivity contribution in [3.8, 4) is 5.75 Å². The lowest BCUT2D eigenvalue weighted by atomic mass is 10.2. The summed E-state index contributed by atoms with van der Waals surface area (Å²) in [6.45, 7) is 0. The zero-order valence-electron chi connectivity index (χ0n) is 10.4. The highest BCUT2D eigenvalue weighted by Gasteiger charge is 2.14. The summed E-state index contributed by atoms with van der Waals surface area (Å²) in [5.74, 6) is -0.964. The van der Waals surface area contributed by atoms with Crippen molar-refractivity contribution in [1.82, 2.24) is 0 Å². The highest BCUT2D eigenvalue weighted by molar-refractivity contribution is 6.44. The van der Waals surface area contributed by atoms with Crippen LogP contribution in [0, 0.1) is 5.82 Å². The maximum atomic E-state index is 13.8. The summed E-state index contributed by atoms with van der Waals surface area (Å²) in [6.07, 6.45) is 0. The zero-order chi connectivity index (χ0) is 14.7. The Balaban J connectivity index is 2.26. The molecule has 1 amide bonds. The largest absolute Gasteiger partial charge is 0.497 e. The van der Waals surface area contributed by atoms with Crippen molar-refractivity contribution in [2.75, 3.05) is 12.4 Å². The van der Waals surface area contributed by atoms with Gasteiger partial charge in [-0.05, 0) is 24.3 Å². The first-order valence-electron chi connectivity index (χ1n) is 5.62. The van der Waals surface area contributed by atoms with Gasteiger partial charge in [0.05, 0.1) is 28.4 Å². The minimum atomic E-state index is -0.681. The maximum Gasteiger partial charge on any atom is 0.258 e. The van der Waals surface area contributed by atoms with Crippen molar-refractivity contribution in [2.45, 2.75) is 0 Å². The highest BCUT2D eigenvalue weighted by atomic mass is 35.5. The van der Waals surface area contributed by atoms with Crippen molar-refractivity contribution >= 4 is 34.8 Å². The van der Waals surface area contributed by atoms with Crippen molar-refractivity contribution in [3.05, 3.63) is 57.8 Å². The third kappa shape index (κ3) is 3.03. The molecule has 1 N–H and O–H groups in total. The zero-order valence-corrected chi connectivity index (χ0v) is 11.9. The number of methoxy groups -OCH3 is 1. The summed E-state index contributed by atoms with van der Waals surface area (Å²) >= 11 is 11.8. The molecule has 3 nitrogen and oxygen atoms in total. The van der Waals surface area contributed by atoms with Gasteiger partial charge in [0.1, 0.15) is 11.6 Å². The minimum absolute atomic E-state index is 0.109. The summed E-state index contributed by atoms with van der Waals surface area (Å²) in [7, 11) is 1.42. The van der Waals surface area contributed by atoms with Gasteiger partial charge in [0.15, 0.2) is 0 Å². The molecule has 0 unspecified atom stereocenters. The van der Waals surface area contributed by atoms with Crippen molar-refractivity contribution in [1.29, 1.82) is 0 Å². The Labute approximate surface area is 125 Å². The quantitative estimate of drug-likeness (QED) is 0.912. The van der Waals surface area contributed by atoms with Crippen LogP contribution in [0.1, 0.15) is 10.4 Å². The number of ether oxygens (including phenoxy) is 1. The van der Waals surface area contributed by atoms with E-state index >= 15 is 0 Å². The molecular formula is C14H10Cl2FNO2. The summed E-state index contributed by atoms with van der Waals surface area (Å²) in [4.78, 5) is 12.0. The van der Waals surface area contributed by atoms with E-state index in [0.717, 1.165) is 6.07 Å². The van der Waals surface area contributed by atoms with Crippen LogP contribution in [0.15, 0.2) is 36.4 Å². The number of carbonyl (C=O) groups is 1. The van der Waals surface area contributed by atoms with Crippen LogP contribution in [-0.4, -0.2) is 13.0 Å². The molecule has 0 aliphatic rings. The lowest BCUT2D eigenvalue weighted by Gasteiger charge is -2.09. The maximum absolute atomic E-state index is 13.8. The first kappa shape index (κ1) is 14.6. The van der Waals surface area contributed by atoms with E-state index in [4.69, 9.17) is 27.9 Å². The van der Waals surface area contributed by atoms with Crippen LogP contribution in [0.2, 0.25) is 10.0 Å². The van der Waals surface area contributed by atoms with Crippen LogP contribution in [0.3, 0.4) is 0 Å². The number of nitrogens with one attached hydrogen (secondary N) is 1. The lowest BCUT2D eigenvalue weighted by Crippen LogP contribution is -2.14. The number of benzene rings is 2. The Morgan fingerprint density at radius 2 is 2.00 bits per heavy atom. The molecule has 0 atom stereocenters. The van der Waals surface area contributed by atoms with Crippen molar-refractivity contribution < 1.29 is 13.9 Å². The van der Waals surface area contributed by atoms with Gasteiger partial charge in [0.25, 0.3) is 5.91 Å². The van der Waals surface area contributed by atoms with E-state index < -0.39 is 11.7 Å². The summed E-state index contributed by atoms with van der Waals surface area (Å²) in [6, 6.07) is 8.77. The topological polar surface area (TPSA) is 38.3 Å². The summed E-state index contributed by atoms with van der Waals surface area (Å²) < 4.78 is 18.6. The van der Waals surface area contributed by atoms with Gasteiger partial charge < -0.3 is 10.1 Å². The van der Waals surface area contributed by atoms with Crippen LogP contribution in [0.4, 0.5) is 10.1 Å². The Kier molecular flexibility index (Phi) is 4.47. The van der Waals surface area contributed by atoms with Crippen LogP contribution in [-0.2, 0) is 0 Å². The van der Waals surface area contributed by atoms with Gasteiger partial charge >= 0.3 is 0 Å². The number of anilines is 1. The number of carbonyl (C=O) groups excluding carboxylic acids is 1. The van der Waals surface area contributed by atoms with E-state index in [-0.39, 0.29) is 10.6 Å². The average molecular weight is 314 g/mol. The number of amides is 1. The Morgan fingerprint density at radius 1 is 1.25 bits per heavy atom. The molecule has 0 saturated carbocycles. The molecule has 0 heterocycles. The predicted molar refractivity (Wildman–Crippen MR) is 77.4 cm³/mol. The van der Waals surface area contributed by atoms with Crippen molar-refractivity contribution in [2.24, 2.45) is 0 Å². The van der Waals surface area contributed by atoms with E-state index in [2.05, 4.69) is 5.32 Å². The van der Waals surface area contributed by atoms with E-state index in [1.165, 1.54) is 19.2 Å². The molecule has 2 aromatic carbocycles. The first-order chi connectivity index (χ1) is 9.52. The van der Waals surface area contributed by atoms with E-state index in [1.807, 2.05) is 0 Å². The lowest BCUT2D eigenvalue weighted by molar-refractivity contribution is 0.102.